The number of fused-ring (bicyclic) bond motifs is 11. The Balaban J connectivity index is 0.983. The molecule has 13 atom stereocenters. The van der Waals surface area contributed by atoms with Crippen molar-refractivity contribution in [1.29, 1.82) is 0 Å². The van der Waals surface area contributed by atoms with Crippen LogP contribution in [-0.2, 0) is 41.9 Å². The van der Waals surface area contributed by atoms with Crippen LogP contribution in [0.2, 0.25) is 0 Å². The third-order valence-corrected chi connectivity index (χ3v) is 22.8. The molecule has 4 aliphatic carbocycles. The Labute approximate surface area is 548 Å². The number of hydrogen-bond donors (Lipinski definition) is 11. The van der Waals surface area contributed by atoms with Gasteiger partial charge < -0.3 is 61.4 Å². The molecule has 0 radical (unpaired) electrons. The molecule has 0 amide bonds. The van der Waals surface area contributed by atoms with Gasteiger partial charge in [0.15, 0.2) is 29.2 Å². The second kappa shape index (κ2) is 28.7. The highest BCUT2D eigenvalue weighted by molar-refractivity contribution is 6.06. The largest absolute Gasteiger partial charge is 0.508 e. The van der Waals surface area contributed by atoms with Gasteiger partial charge in [0.2, 0.25) is 0 Å². The topological polar surface area (TPSA) is 237 Å². The minimum atomic E-state index is -1.89. The average Bonchev–Trinajstić information content (AvgIpc) is 1.76. The maximum atomic E-state index is 15.7. The lowest BCUT2D eigenvalue weighted by Crippen LogP contribution is -2.40. The zero-order chi connectivity index (χ0) is 65.1. The molecule has 1 spiro atoms. The normalized spacial score (nSPS) is 28.7. The number of methoxy groups -OCH3 is 1. The van der Waals surface area contributed by atoms with Gasteiger partial charge in [0, 0.05) is 79.3 Å². The molecule has 1 aromatic heterocycles. The van der Waals surface area contributed by atoms with Crippen molar-refractivity contribution in [3.63, 3.8) is 0 Å². The van der Waals surface area contributed by atoms with Gasteiger partial charge in [-0.2, -0.15) is 0 Å². The van der Waals surface area contributed by atoms with Gasteiger partial charge in [0.05, 0.1) is 31.8 Å². The molecule has 0 saturated heterocycles. The predicted octanol–water partition coefficient (Wildman–Crippen LogP) is 12.5. The molecule has 12 rings (SSSR count). The molecule has 2 aliphatic heterocycles. The van der Waals surface area contributed by atoms with Crippen LogP contribution in [0.4, 0.5) is 5.69 Å². The number of aromatic hydroxyl groups is 3. The summed E-state index contributed by atoms with van der Waals surface area (Å²) in [5.41, 5.74) is 9.48. The number of aliphatic hydroxyl groups is 4. The van der Waals surface area contributed by atoms with E-state index in [4.69, 9.17) is 4.74 Å². The van der Waals surface area contributed by atoms with Gasteiger partial charge >= 0.3 is 0 Å². The number of benzene rings is 5. The van der Waals surface area contributed by atoms with Crippen molar-refractivity contribution in [3.05, 3.63) is 171 Å². The van der Waals surface area contributed by atoms with Crippen molar-refractivity contribution in [2.75, 3.05) is 32.1 Å². The minimum absolute atomic E-state index is 0.0427. The second-order valence-electron chi connectivity index (χ2n) is 28.4. The fourth-order valence-electron chi connectivity index (χ4n) is 17.7. The molecular weight excluding hydrogens is 1160 g/mol. The van der Waals surface area contributed by atoms with E-state index in [-0.39, 0.29) is 83.9 Å². The Morgan fingerprint density at radius 3 is 2.38 bits per heavy atom. The number of allylic oxidation sites excluding steroid dienone is 2. The molecule has 93 heavy (non-hydrogen) atoms. The number of aromatic nitrogens is 1. The number of dihydropyridines is 1. The summed E-state index contributed by atoms with van der Waals surface area (Å²) in [4.78, 5) is 33.9. The van der Waals surface area contributed by atoms with Crippen LogP contribution in [0, 0.1) is 58.7 Å². The van der Waals surface area contributed by atoms with Crippen LogP contribution >= 0.6 is 0 Å². The number of anilines is 1. The van der Waals surface area contributed by atoms with Crippen molar-refractivity contribution in [3.8, 4) is 34.8 Å². The van der Waals surface area contributed by atoms with Gasteiger partial charge in [-0.3, -0.25) is 9.59 Å². The number of H-pyrrole nitrogens is 1. The lowest BCUT2D eigenvalue weighted by atomic mass is 9.62. The predicted molar refractivity (Wildman–Crippen MR) is 364 cm³/mol. The molecule has 5 aromatic carbocycles. The second-order valence-corrected chi connectivity index (χ2v) is 28.4. The number of rotatable bonds is 8. The van der Waals surface area contributed by atoms with Crippen LogP contribution in [0.25, 0.3) is 10.8 Å². The SMILES string of the molecule is CCC[C@@H]1[C@@H]2C[C@@H](C[C@@H]3C#C[C@@H](c4ccccc4[C@H]4CC[C@H](Cc5cccc(O)c5CO)[C@@H](C)C4)c4cc(O)c(OC)cc4CCC(=O)[C@@H](O)C(=O)[C@H]3C2)C2(CCCC2)C2=CCNC(=C2)Nc2ccc3ccc(c(O)c3c2)C[C@@H](O)CNC[C@H](C)c2c[nH]c(c2)C[C@H]1O. The van der Waals surface area contributed by atoms with Crippen LogP contribution in [0.5, 0.6) is 23.0 Å². The highest BCUT2D eigenvalue weighted by atomic mass is 16.5. The quantitative estimate of drug-likeness (QED) is 0.0503. The first-order valence-corrected chi connectivity index (χ1v) is 34.6. The first-order valence-electron chi connectivity index (χ1n) is 34.6. The number of ether oxygens (including phenoxy) is 1. The smallest absolute Gasteiger partial charge is 0.173 e. The molecule has 9 bridgehead atoms. The highest BCUT2D eigenvalue weighted by Crippen LogP contribution is 2.58. The molecule has 0 unspecified atom stereocenters. The summed E-state index contributed by atoms with van der Waals surface area (Å²) in [6, 6.07) is 29.5. The van der Waals surface area contributed by atoms with E-state index in [0.717, 1.165) is 114 Å². The van der Waals surface area contributed by atoms with E-state index < -0.39 is 47.6 Å². The van der Waals surface area contributed by atoms with Crippen molar-refractivity contribution in [1.82, 2.24) is 15.6 Å². The summed E-state index contributed by atoms with van der Waals surface area (Å²) in [5.74, 6) is 6.32. The zero-order valence-corrected chi connectivity index (χ0v) is 54.6. The fraction of sp³-hybridized carbons (Fsp3) is 0.494. The summed E-state index contributed by atoms with van der Waals surface area (Å²) in [6.45, 7) is 7.86. The number of hydrogen-bond acceptors (Lipinski definition) is 13. The van der Waals surface area contributed by atoms with E-state index in [0.29, 0.717) is 80.1 Å². The fourth-order valence-corrected chi connectivity index (χ4v) is 17.7. The Morgan fingerprint density at radius 2 is 1.59 bits per heavy atom. The van der Waals surface area contributed by atoms with E-state index >= 15 is 4.79 Å². The van der Waals surface area contributed by atoms with Gasteiger partial charge in [-0.25, -0.2) is 0 Å². The van der Waals surface area contributed by atoms with Crippen molar-refractivity contribution < 1.29 is 50.1 Å². The number of aryl methyl sites for hydroxylation is 1. The van der Waals surface area contributed by atoms with Crippen molar-refractivity contribution >= 4 is 28.0 Å². The van der Waals surface area contributed by atoms with E-state index in [9.17, 15) is 40.5 Å². The van der Waals surface area contributed by atoms with Crippen molar-refractivity contribution in [2.45, 2.75) is 173 Å². The molecule has 6 aromatic rings. The molecule has 3 fully saturated rings. The minimum Gasteiger partial charge on any atom is -0.508 e. The number of carbonyl (C=O) groups excluding carboxylic acids is 2. The highest BCUT2D eigenvalue weighted by Gasteiger charge is 2.51. The Bertz CT molecular complexity index is 3810. The number of nitrogens with one attached hydrogen (secondary N) is 4. The number of phenolic OH excluding ortho intramolecular Hbond substituents is 2. The number of aromatic amines is 1. The van der Waals surface area contributed by atoms with Crippen LogP contribution in [-0.4, -0.2) is 97.4 Å². The first kappa shape index (κ1) is 65.7. The van der Waals surface area contributed by atoms with Crippen LogP contribution < -0.4 is 20.7 Å². The number of Topliss-reactive ketones (excluding diaryl/α,β-unsaturated/α-hetero) is 2. The summed E-state index contributed by atoms with van der Waals surface area (Å²) >= 11 is 0. The first-order chi connectivity index (χ1) is 45.0. The number of ketones is 2. The van der Waals surface area contributed by atoms with Gasteiger partial charge in [-0.1, -0.05) is 113 Å². The molecule has 14 nitrogen and oxygen atoms in total. The van der Waals surface area contributed by atoms with Crippen LogP contribution in [0.1, 0.15) is 172 Å². The lowest BCUT2D eigenvalue weighted by molar-refractivity contribution is -0.142. The van der Waals surface area contributed by atoms with Gasteiger partial charge in [0.25, 0.3) is 0 Å². The zero-order valence-electron chi connectivity index (χ0n) is 54.6. The summed E-state index contributed by atoms with van der Waals surface area (Å²) < 4.78 is 5.73. The Kier molecular flexibility index (Phi) is 20.3. The third kappa shape index (κ3) is 13.9. The number of carbonyl (C=O) groups is 2. The average molecular weight is 1260 g/mol. The molecular formula is C79H96N4O10. The summed E-state index contributed by atoms with van der Waals surface area (Å²) in [7, 11) is 1.50. The van der Waals surface area contributed by atoms with Gasteiger partial charge in [-0.05, 0) is 210 Å². The van der Waals surface area contributed by atoms with E-state index in [1.165, 1.54) is 12.7 Å². The van der Waals surface area contributed by atoms with Crippen LogP contribution in [0.3, 0.4) is 0 Å². The van der Waals surface area contributed by atoms with Crippen molar-refractivity contribution in [2.24, 2.45) is 46.8 Å². The standard InChI is InChI=1S/C79H96N4O10/c1-5-11-63-55-33-58(79(27-8-9-28-79)57-26-29-81-75(38-57)83-59-23-20-48-16-19-54(76(90)68(48)39-59)35-61(85)44-80-42-47(3)56-34-60(82-43-56)40-72(63)88)32-52-21-24-65(66-41-73(89)74(93-4)37-53(66)22-25-71(87)78(92)77(91)67(52)36-55)64-14-7-6-13-62(64)51-18-17-49(46(2)30-51)31-50-12-10-15-70(86)69(50)45-84/h6-7,10,12-16,19-20,23,26,34,37-39,41,43,46-47,49,51-52,55,58,61,63,65,67,72,78,80-86,88-90,92H,5,8-9,11,17-18,22,25,27-33,35-36,40,42,44-45H2,1-4H3/t46-,47-,49+,51-,52-,55+,58+,61+,63+,65-,67-,72+,78+/m0/s1. The number of β-amino-alcohol motifs (C(OH)–C–C–N with tert-alkyl or cyclic N) is 1. The number of aliphatic hydroxyl groups excluding tert-OH is 4. The molecule has 492 valence electrons. The maximum absolute atomic E-state index is 15.7. The van der Waals surface area contributed by atoms with E-state index in [1.807, 2.05) is 48.7 Å². The molecule has 3 heterocycles. The molecule has 14 heteroatoms. The third-order valence-electron chi connectivity index (χ3n) is 22.8. The van der Waals surface area contributed by atoms with E-state index in [1.54, 1.807) is 18.2 Å². The molecule has 3 saturated carbocycles. The summed E-state index contributed by atoms with van der Waals surface area (Å²) in [5, 5.41) is 93.4. The Morgan fingerprint density at radius 1 is 0.785 bits per heavy atom. The Hall–Kier alpha value is -7.38. The van der Waals surface area contributed by atoms with Gasteiger partial charge in [0.1, 0.15) is 17.3 Å². The van der Waals surface area contributed by atoms with E-state index in [2.05, 4.69) is 96.0 Å². The molecule has 6 aliphatic rings. The monoisotopic (exact) mass is 1260 g/mol. The lowest BCUT2D eigenvalue weighted by Gasteiger charge is -2.43. The maximum Gasteiger partial charge on any atom is 0.173 e. The van der Waals surface area contributed by atoms with Crippen LogP contribution in [0.15, 0.2) is 121 Å². The van der Waals surface area contributed by atoms with Gasteiger partial charge in [-0.15, -0.1) is 0 Å². The summed E-state index contributed by atoms with van der Waals surface area (Å²) in [6.07, 6.45) is 14.2. The molecule has 11 N–H and O–H groups in total. The number of phenols is 3.